The molecule has 1 aliphatic rings. The van der Waals surface area contributed by atoms with Crippen LogP contribution in [0, 0.1) is 5.92 Å². The molecule has 0 spiro atoms. The number of nitrogens with one attached hydrogen (secondary N) is 2. The van der Waals surface area contributed by atoms with Crippen molar-refractivity contribution in [3.8, 4) is 0 Å². The lowest BCUT2D eigenvalue weighted by Gasteiger charge is -2.31. The second-order valence-corrected chi connectivity index (χ2v) is 6.52. The van der Waals surface area contributed by atoms with Crippen molar-refractivity contribution in [2.75, 3.05) is 45.2 Å². The van der Waals surface area contributed by atoms with Gasteiger partial charge in [0.1, 0.15) is 0 Å². The van der Waals surface area contributed by atoms with E-state index in [0.717, 1.165) is 56.7 Å². The Morgan fingerprint density at radius 3 is 2.33 bits per heavy atom. The van der Waals surface area contributed by atoms with E-state index in [9.17, 15) is 22.8 Å². The zero-order valence-corrected chi connectivity index (χ0v) is 15.1. The molecule has 1 heterocycles. The van der Waals surface area contributed by atoms with Gasteiger partial charge < -0.3 is 20.3 Å². The Kier molecular flexibility index (Phi) is 7.61. The predicted octanol–water partition coefficient (Wildman–Crippen LogP) is 2.12. The average molecular weight is 387 g/mol. The van der Waals surface area contributed by atoms with E-state index in [1.54, 1.807) is 7.11 Å². The van der Waals surface area contributed by atoms with E-state index < -0.39 is 23.6 Å². The molecular formula is C18H24F3N3O3. The first-order chi connectivity index (χ1) is 12.8. The molecule has 1 aromatic carbocycles. The molecule has 1 aromatic rings. The highest BCUT2D eigenvalue weighted by atomic mass is 19.4. The number of benzene rings is 1. The number of piperidine rings is 1. The number of anilines is 1. The highest BCUT2D eigenvalue weighted by Gasteiger charge is 2.30. The van der Waals surface area contributed by atoms with Crippen molar-refractivity contribution < 1.29 is 27.5 Å². The third kappa shape index (κ3) is 6.84. The van der Waals surface area contributed by atoms with Gasteiger partial charge in [-0.25, -0.2) is 0 Å². The average Bonchev–Trinajstić information content (AvgIpc) is 2.65. The van der Waals surface area contributed by atoms with Crippen LogP contribution in [0.15, 0.2) is 24.3 Å². The van der Waals surface area contributed by atoms with Crippen LogP contribution in [-0.2, 0) is 20.5 Å². The lowest BCUT2D eigenvalue weighted by Crippen LogP contribution is -2.42. The second-order valence-electron chi connectivity index (χ2n) is 6.52. The summed E-state index contributed by atoms with van der Waals surface area (Å²) in [6.45, 7) is 3.80. The molecule has 1 fully saturated rings. The van der Waals surface area contributed by atoms with Crippen molar-refractivity contribution >= 4 is 17.5 Å². The molecule has 0 radical (unpaired) electrons. The Labute approximate surface area is 156 Å². The van der Waals surface area contributed by atoms with E-state index in [4.69, 9.17) is 4.74 Å². The van der Waals surface area contributed by atoms with Crippen LogP contribution >= 0.6 is 0 Å². The van der Waals surface area contributed by atoms with Crippen LogP contribution in [0.1, 0.15) is 18.4 Å². The van der Waals surface area contributed by atoms with Gasteiger partial charge in [0.25, 0.3) is 0 Å². The summed E-state index contributed by atoms with van der Waals surface area (Å²) in [5, 5.41) is 4.89. The molecule has 0 saturated carbocycles. The minimum Gasteiger partial charge on any atom is -0.383 e. The SMILES string of the molecule is COCCN1CCC(CNC(=O)C(=O)Nc2ccc(C(F)(F)F)cc2)CC1. The van der Waals surface area contributed by atoms with Crippen LogP contribution in [0.4, 0.5) is 18.9 Å². The molecule has 0 atom stereocenters. The molecule has 9 heteroatoms. The third-order valence-electron chi connectivity index (χ3n) is 4.55. The highest BCUT2D eigenvalue weighted by Crippen LogP contribution is 2.29. The summed E-state index contributed by atoms with van der Waals surface area (Å²) >= 11 is 0. The minimum absolute atomic E-state index is 0.134. The van der Waals surface area contributed by atoms with Gasteiger partial charge in [-0.3, -0.25) is 9.59 Å². The maximum atomic E-state index is 12.5. The zero-order chi connectivity index (χ0) is 19.9. The van der Waals surface area contributed by atoms with Gasteiger partial charge in [0.05, 0.1) is 12.2 Å². The first-order valence-corrected chi connectivity index (χ1v) is 8.77. The molecule has 6 nitrogen and oxygen atoms in total. The molecule has 1 aliphatic heterocycles. The monoisotopic (exact) mass is 387 g/mol. The molecule has 2 rings (SSSR count). The molecule has 150 valence electrons. The lowest BCUT2D eigenvalue weighted by molar-refractivity contribution is -0.137. The van der Waals surface area contributed by atoms with Crippen molar-refractivity contribution in [1.82, 2.24) is 10.2 Å². The van der Waals surface area contributed by atoms with Crippen LogP contribution in [0.2, 0.25) is 0 Å². The van der Waals surface area contributed by atoms with Crippen molar-refractivity contribution in [2.45, 2.75) is 19.0 Å². The van der Waals surface area contributed by atoms with Gasteiger partial charge in [0.15, 0.2) is 0 Å². The molecule has 1 saturated heterocycles. The third-order valence-corrected chi connectivity index (χ3v) is 4.55. The molecule has 0 aliphatic carbocycles. The number of likely N-dealkylation sites (tertiary alicyclic amines) is 1. The Bertz CT molecular complexity index is 627. The summed E-state index contributed by atoms with van der Waals surface area (Å²) < 4.78 is 42.6. The number of halogens is 3. The highest BCUT2D eigenvalue weighted by molar-refractivity contribution is 6.39. The summed E-state index contributed by atoms with van der Waals surface area (Å²) in [5.41, 5.74) is -0.684. The Morgan fingerprint density at radius 1 is 1.15 bits per heavy atom. The van der Waals surface area contributed by atoms with Crippen molar-refractivity contribution in [2.24, 2.45) is 5.92 Å². The van der Waals surface area contributed by atoms with Gasteiger partial charge in [-0.1, -0.05) is 0 Å². The fraction of sp³-hybridized carbons (Fsp3) is 0.556. The number of hydrogen-bond donors (Lipinski definition) is 2. The van der Waals surface area contributed by atoms with Crippen molar-refractivity contribution in [3.05, 3.63) is 29.8 Å². The maximum Gasteiger partial charge on any atom is 0.416 e. The van der Waals surface area contributed by atoms with Gasteiger partial charge in [-0.2, -0.15) is 13.2 Å². The number of amides is 2. The van der Waals surface area contributed by atoms with Crippen LogP contribution in [-0.4, -0.2) is 56.6 Å². The van der Waals surface area contributed by atoms with Gasteiger partial charge in [0.2, 0.25) is 0 Å². The summed E-state index contributed by atoms with van der Waals surface area (Å²) in [6, 6.07) is 3.93. The summed E-state index contributed by atoms with van der Waals surface area (Å²) in [7, 11) is 1.66. The van der Waals surface area contributed by atoms with E-state index >= 15 is 0 Å². The van der Waals surface area contributed by atoms with Gasteiger partial charge >= 0.3 is 18.0 Å². The van der Waals surface area contributed by atoms with E-state index in [-0.39, 0.29) is 5.69 Å². The number of carbonyl (C=O) groups excluding carboxylic acids is 2. The minimum atomic E-state index is -4.45. The molecule has 0 aromatic heterocycles. The van der Waals surface area contributed by atoms with Crippen molar-refractivity contribution in [3.63, 3.8) is 0 Å². The Morgan fingerprint density at radius 2 is 1.78 bits per heavy atom. The van der Waals surface area contributed by atoms with Crippen LogP contribution in [0.3, 0.4) is 0 Å². The standard InChI is InChI=1S/C18H24F3N3O3/c1-27-11-10-24-8-6-13(7-9-24)12-22-16(25)17(26)23-15-4-2-14(3-5-15)18(19,20)21/h2-5,13H,6-12H2,1H3,(H,22,25)(H,23,26). The fourth-order valence-corrected chi connectivity index (χ4v) is 2.88. The van der Waals surface area contributed by atoms with E-state index in [1.807, 2.05) is 0 Å². The Hall–Kier alpha value is -2.13. The molecular weight excluding hydrogens is 363 g/mol. The lowest BCUT2D eigenvalue weighted by atomic mass is 9.97. The zero-order valence-electron chi connectivity index (χ0n) is 15.1. The number of ether oxygens (including phenoxy) is 1. The molecule has 2 amide bonds. The number of carbonyl (C=O) groups is 2. The van der Waals surface area contributed by atoms with Gasteiger partial charge in [-0.15, -0.1) is 0 Å². The van der Waals surface area contributed by atoms with E-state index in [2.05, 4.69) is 15.5 Å². The number of alkyl halides is 3. The van der Waals surface area contributed by atoms with Crippen LogP contribution in [0.5, 0.6) is 0 Å². The first kappa shape index (κ1) is 21.2. The maximum absolute atomic E-state index is 12.5. The molecule has 0 bridgehead atoms. The fourth-order valence-electron chi connectivity index (χ4n) is 2.88. The molecule has 27 heavy (non-hydrogen) atoms. The summed E-state index contributed by atoms with van der Waals surface area (Å²) in [4.78, 5) is 26.1. The quantitative estimate of drug-likeness (QED) is 0.734. The number of hydrogen-bond acceptors (Lipinski definition) is 4. The molecule has 0 unspecified atom stereocenters. The first-order valence-electron chi connectivity index (χ1n) is 8.77. The van der Waals surface area contributed by atoms with Crippen LogP contribution in [0.25, 0.3) is 0 Å². The predicted molar refractivity (Wildman–Crippen MR) is 94.1 cm³/mol. The number of nitrogens with zero attached hydrogens (tertiary/aromatic N) is 1. The summed E-state index contributed by atoms with van der Waals surface area (Å²) in [6.07, 6.45) is -2.60. The second kappa shape index (κ2) is 9.70. The number of methoxy groups -OCH3 is 1. The van der Waals surface area contributed by atoms with E-state index in [1.165, 1.54) is 0 Å². The number of rotatable bonds is 6. The smallest absolute Gasteiger partial charge is 0.383 e. The largest absolute Gasteiger partial charge is 0.416 e. The van der Waals surface area contributed by atoms with Crippen molar-refractivity contribution in [1.29, 1.82) is 0 Å². The summed E-state index contributed by atoms with van der Waals surface area (Å²) in [5.74, 6) is -1.39. The van der Waals surface area contributed by atoms with E-state index in [0.29, 0.717) is 19.1 Å². The topological polar surface area (TPSA) is 70.7 Å². The molecule has 2 N–H and O–H groups in total. The van der Waals surface area contributed by atoms with Gasteiger partial charge in [0, 0.05) is 25.9 Å². The van der Waals surface area contributed by atoms with Crippen LogP contribution < -0.4 is 10.6 Å². The normalized spacial score (nSPS) is 16.1. The van der Waals surface area contributed by atoms with Gasteiger partial charge in [-0.05, 0) is 56.1 Å². The Balaban J connectivity index is 1.72.